The number of phosphoric acid groups is 2. The van der Waals surface area contributed by atoms with Crippen molar-refractivity contribution in [2.45, 2.75) is 0 Å². The third-order valence-electron chi connectivity index (χ3n) is 1.49. The van der Waals surface area contributed by atoms with Crippen molar-refractivity contribution in [2.24, 2.45) is 0 Å². The Hall–Kier alpha value is -0.720. The SMILES string of the molecule is O=P(O)(O)OP(=O)(O)OCNc1ccccc1. The highest BCUT2D eigenvalue weighted by Gasteiger charge is 2.32. The highest BCUT2D eigenvalue weighted by atomic mass is 31.3. The molecular formula is C7H11NO7P2. The smallest absolute Gasteiger partial charge is 0.362 e. The van der Waals surface area contributed by atoms with E-state index in [1.165, 1.54) is 0 Å². The van der Waals surface area contributed by atoms with Crippen molar-refractivity contribution in [1.82, 2.24) is 0 Å². The van der Waals surface area contributed by atoms with Crippen LogP contribution in [-0.4, -0.2) is 21.4 Å². The number of benzene rings is 1. The molecule has 0 spiro atoms. The average Bonchev–Trinajstić information content (AvgIpc) is 2.15. The van der Waals surface area contributed by atoms with Gasteiger partial charge in [0.25, 0.3) is 0 Å². The van der Waals surface area contributed by atoms with Gasteiger partial charge in [-0.2, -0.15) is 4.31 Å². The minimum Gasteiger partial charge on any atom is -0.362 e. The fraction of sp³-hybridized carbons (Fsp3) is 0.143. The van der Waals surface area contributed by atoms with Gasteiger partial charge in [-0.05, 0) is 12.1 Å². The molecule has 0 aromatic heterocycles. The molecule has 17 heavy (non-hydrogen) atoms. The molecule has 0 amide bonds. The summed E-state index contributed by atoms with van der Waals surface area (Å²) in [6.45, 7) is -0.433. The van der Waals surface area contributed by atoms with Crippen molar-refractivity contribution >= 4 is 21.3 Å². The molecule has 0 radical (unpaired) electrons. The number of hydrogen-bond donors (Lipinski definition) is 4. The summed E-state index contributed by atoms with van der Waals surface area (Å²) >= 11 is 0. The first kappa shape index (κ1) is 14.3. The summed E-state index contributed by atoms with van der Waals surface area (Å²) in [4.78, 5) is 25.6. The van der Waals surface area contributed by atoms with Crippen LogP contribution in [0.5, 0.6) is 0 Å². The molecule has 0 heterocycles. The Labute approximate surface area is 97.1 Å². The number of hydrogen-bond acceptors (Lipinski definition) is 5. The fourth-order valence-corrected chi connectivity index (χ4v) is 2.40. The molecule has 1 unspecified atom stereocenters. The van der Waals surface area contributed by atoms with Crippen LogP contribution in [0.3, 0.4) is 0 Å². The topological polar surface area (TPSA) is 125 Å². The summed E-state index contributed by atoms with van der Waals surface area (Å²) in [5, 5.41) is 2.60. The van der Waals surface area contributed by atoms with Gasteiger partial charge in [0.15, 0.2) is 0 Å². The monoisotopic (exact) mass is 283 g/mol. The summed E-state index contributed by atoms with van der Waals surface area (Å²) in [6.07, 6.45) is 0. The first-order valence-corrected chi connectivity index (χ1v) is 7.34. The van der Waals surface area contributed by atoms with Crippen LogP contribution < -0.4 is 5.32 Å². The molecule has 1 aromatic rings. The van der Waals surface area contributed by atoms with Gasteiger partial charge >= 0.3 is 15.6 Å². The Morgan fingerprint density at radius 1 is 1.12 bits per heavy atom. The molecule has 1 atom stereocenters. The summed E-state index contributed by atoms with van der Waals surface area (Å²) in [7, 11) is -9.84. The van der Waals surface area contributed by atoms with Gasteiger partial charge in [-0.25, -0.2) is 9.13 Å². The highest BCUT2D eigenvalue weighted by Crippen LogP contribution is 2.57. The van der Waals surface area contributed by atoms with Gasteiger partial charge in [-0.15, -0.1) is 0 Å². The molecule has 10 heteroatoms. The molecule has 1 aromatic carbocycles. The van der Waals surface area contributed by atoms with Crippen LogP contribution in [-0.2, 0) is 18.0 Å². The van der Waals surface area contributed by atoms with Crippen molar-refractivity contribution < 1.29 is 32.6 Å². The van der Waals surface area contributed by atoms with E-state index >= 15 is 0 Å². The minimum absolute atomic E-state index is 0.433. The molecule has 0 aliphatic heterocycles. The number of phosphoric ester groups is 1. The molecule has 96 valence electrons. The zero-order chi connectivity index (χ0) is 12.9. The van der Waals surface area contributed by atoms with E-state index in [0.29, 0.717) is 5.69 Å². The molecule has 8 nitrogen and oxygen atoms in total. The Balaban J connectivity index is 2.41. The van der Waals surface area contributed by atoms with E-state index in [4.69, 9.17) is 14.7 Å². The zero-order valence-electron chi connectivity index (χ0n) is 8.46. The Morgan fingerprint density at radius 3 is 2.24 bits per heavy atom. The molecule has 0 aliphatic carbocycles. The van der Waals surface area contributed by atoms with E-state index in [1.54, 1.807) is 30.3 Å². The Kier molecular flexibility index (Phi) is 4.85. The second-order valence-corrected chi connectivity index (χ2v) is 5.69. The molecule has 0 saturated carbocycles. The molecule has 0 fully saturated rings. The van der Waals surface area contributed by atoms with Crippen LogP contribution >= 0.6 is 15.6 Å². The summed E-state index contributed by atoms with van der Waals surface area (Å²) in [6, 6.07) is 8.59. The second kappa shape index (κ2) is 5.75. The minimum atomic E-state index is -5.07. The van der Waals surface area contributed by atoms with Gasteiger partial charge in [0.1, 0.15) is 6.73 Å². The van der Waals surface area contributed by atoms with Gasteiger partial charge in [-0.1, -0.05) is 18.2 Å². The molecule has 4 N–H and O–H groups in total. The number of rotatable bonds is 6. The molecular weight excluding hydrogens is 272 g/mol. The van der Waals surface area contributed by atoms with E-state index in [9.17, 15) is 9.13 Å². The number of para-hydroxylation sites is 1. The Morgan fingerprint density at radius 2 is 1.71 bits per heavy atom. The number of anilines is 1. The largest absolute Gasteiger partial charge is 0.482 e. The lowest BCUT2D eigenvalue weighted by atomic mass is 10.3. The molecule has 1 rings (SSSR count). The molecule has 0 saturated heterocycles. The lowest BCUT2D eigenvalue weighted by Crippen LogP contribution is -2.05. The maximum atomic E-state index is 11.0. The average molecular weight is 283 g/mol. The standard InChI is InChI=1S/C7H11NO7P2/c9-16(10,11)15-17(12,13)14-6-8-7-4-2-1-3-5-7/h1-5,8H,6H2,(H,12,13)(H2,9,10,11). The lowest BCUT2D eigenvalue weighted by molar-refractivity contribution is 0.187. The molecule has 0 bridgehead atoms. The van der Waals surface area contributed by atoms with Gasteiger partial charge in [0, 0.05) is 5.69 Å². The van der Waals surface area contributed by atoms with E-state index in [0.717, 1.165) is 0 Å². The lowest BCUT2D eigenvalue weighted by Gasteiger charge is -2.13. The second-order valence-electron chi connectivity index (χ2n) is 2.86. The van der Waals surface area contributed by atoms with Crippen LogP contribution in [0.1, 0.15) is 0 Å². The Bertz CT molecular complexity index is 445. The first-order valence-electron chi connectivity index (χ1n) is 4.32. The molecule has 0 aliphatic rings. The third-order valence-corrected chi connectivity index (χ3v) is 3.62. The maximum Gasteiger partial charge on any atom is 0.482 e. The predicted octanol–water partition coefficient (Wildman–Crippen LogP) is 1.28. The highest BCUT2D eigenvalue weighted by molar-refractivity contribution is 7.60. The van der Waals surface area contributed by atoms with Gasteiger partial charge in [0.2, 0.25) is 0 Å². The van der Waals surface area contributed by atoms with E-state index in [-0.39, 0.29) is 0 Å². The predicted molar refractivity (Wildman–Crippen MR) is 59.0 cm³/mol. The van der Waals surface area contributed by atoms with Crippen molar-refractivity contribution in [1.29, 1.82) is 0 Å². The van der Waals surface area contributed by atoms with Gasteiger partial charge in [-0.3, -0.25) is 4.52 Å². The maximum absolute atomic E-state index is 11.0. The van der Waals surface area contributed by atoms with Crippen molar-refractivity contribution in [3.05, 3.63) is 30.3 Å². The van der Waals surface area contributed by atoms with E-state index in [2.05, 4.69) is 14.2 Å². The van der Waals surface area contributed by atoms with Gasteiger partial charge in [0.05, 0.1) is 0 Å². The van der Waals surface area contributed by atoms with Crippen LogP contribution in [0, 0.1) is 0 Å². The van der Waals surface area contributed by atoms with Crippen LogP contribution in [0.25, 0.3) is 0 Å². The van der Waals surface area contributed by atoms with E-state index < -0.39 is 22.4 Å². The van der Waals surface area contributed by atoms with Crippen LogP contribution in [0.2, 0.25) is 0 Å². The third kappa shape index (κ3) is 6.55. The summed E-state index contributed by atoms with van der Waals surface area (Å²) < 4.78 is 29.2. The van der Waals surface area contributed by atoms with Crippen LogP contribution in [0.4, 0.5) is 5.69 Å². The fourth-order valence-electron chi connectivity index (χ4n) is 0.911. The van der Waals surface area contributed by atoms with Crippen molar-refractivity contribution in [3.8, 4) is 0 Å². The zero-order valence-corrected chi connectivity index (χ0v) is 10.3. The van der Waals surface area contributed by atoms with E-state index in [1.807, 2.05) is 0 Å². The van der Waals surface area contributed by atoms with Gasteiger partial charge < -0.3 is 20.0 Å². The van der Waals surface area contributed by atoms with Crippen molar-refractivity contribution in [2.75, 3.05) is 12.0 Å². The summed E-state index contributed by atoms with van der Waals surface area (Å²) in [5.41, 5.74) is 0.615. The summed E-state index contributed by atoms with van der Waals surface area (Å²) in [5.74, 6) is 0. The quantitative estimate of drug-likeness (QED) is 0.454. The normalized spacial score (nSPS) is 15.2. The van der Waals surface area contributed by atoms with Crippen LogP contribution in [0.15, 0.2) is 30.3 Å². The number of nitrogens with one attached hydrogen (secondary N) is 1. The van der Waals surface area contributed by atoms with Crippen molar-refractivity contribution in [3.63, 3.8) is 0 Å². The first-order chi connectivity index (χ1) is 7.79.